The number of rotatable bonds is 4. The minimum atomic E-state index is 0.107. The van der Waals surface area contributed by atoms with E-state index in [4.69, 9.17) is 9.47 Å². The van der Waals surface area contributed by atoms with Crippen molar-refractivity contribution in [2.24, 2.45) is 0 Å². The van der Waals surface area contributed by atoms with Crippen LogP contribution in [0.1, 0.15) is 36.8 Å². The van der Waals surface area contributed by atoms with Crippen LogP contribution in [0.2, 0.25) is 0 Å². The van der Waals surface area contributed by atoms with Gasteiger partial charge in [-0.25, -0.2) is 4.98 Å². The van der Waals surface area contributed by atoms with Crippen LogP contribution in [-0.4, -0.2) is 47.4 Å². The maximum Gasteiger partial charge on any atom is 0.236 e. The van der Waals surface area contributed by atoms with Crippen LogP contribution in [0.4, 0.5) is 0 Å². The predicted molar refractivity (Wildman–Crippen MR) is 133 cm³/mol. The minimum Gasteiger partial charge on any atom is -0.490 e. The zero-order chi connectivity index (χ0) is 23.6. The van der Waals surface area contributed by atoms with Crippen molar-refractivity contribution in [2.75, 3.05) is 26.7 Å². The monoisotopic (exact) mass is 459 g/mol. The number of aromatic nitrogens is 1. The molecule has 34 heavy (non-hydrogen) atoms. The third-order valence-corrected chi connectivity index (χ3v) is 5.97. The van der Waals surface area contributed by atoms with E-state index in [1.54, 1.807) is 11.1 Å². The Balaban J connectivity index is 1.51. The molecule has 0 saturated heterocycles. The van der Waals surface area contributed by atoms with Crippen LogP contribution in [0.15, 0.2) is 72.9 Å². The second-order valence-electron chi connectivity index (χ2n) is 8.73. The number of para-hydroxylation sites is 2. The fourth-order valence-corrected chi connectivity index (χ4v) is 4.08. The van der Waals surface area contributed by atoms with Gasteiger partial charge in [0.25, 0.3) is 0 Å². The summed E-state index contributed by atoms with van der Waals surface area (Å²) in [6.07, 6.45) is 5.95. The van der Waals surface area contributed by atoms with Crippen LogP contribution in [-0.2, 0) is 17.9 Å². The highest BCUT2D eigenvalue weighted by molar-refractivity contribution is 5.78. The van der Waals surface area contributed by atoms with E-state index < -0.39 is 0 Å². The Hall–Kier alpha value is -3.38. The van der Waals surface area contributed by atoms with E-state index in [0.717, 1.165) is 49.1 Å². The van der Waals surface area contributed by atoms with E-state index in [1.807, 2.05) is 73.8 Å². The molecule has 0 bridgehead atoms. The summed E-state index contributed by atoms with van der Waals surface area (Å²) >= 11 is 0. The molecule has 2 aromatic carbocycles. The van der Waals surface area contributed by atoms with Crippen molar-refractivity contribution < 1.29 is 14.3 Å². The van der Waals surface area contributed by atoms with Gasteiger partial charge in [-0.3, -0.25) is 9.69 Å². The number of pyridine rings is 1. The first-order valence-corrected chi connectivity index (χ1v) is 12.0. The van der Waals surface area contributed by atoms with Crippen LogP contribution >= 0.6 is 0 Å². The number of likely N-dealkylation sites (N-methyl/N-ethyl adjacent to an activating group) is 1. The second-order valence-corrected chi connectivity index (χ2v) is 8.73. The molecule has 3 aromatic rings. The molecule has 6 heteroatoms. The van der Waals surface area contributed by atoms with Gasteiger partial charge in [-0.15, -0.1) is 0 Å². The maximum atomic E-state index is 13.1. The Morgan fingerprint density at radius 3 is 2.56 bits per heavy atom. The number of hydrogen-bond donors (Lipinski definition) is 0. The van der Waals surface area contributed by atoms with Crippen molar-refractivity contribution in [3.05, 3.63) is 84.1 Å². The fraction of sp³-hybridized carbons (Fsp3) is 0.357. The van der Waals surface area contributed by atoms with Gasteiger partial charge in [0.15, 0.2) is 11.5 Å². The molecule has 6 nitrogen and oxygen atoms in total. The van der Waals surface area contributed by atoms with Gasteiger partial charge < -0.3 is 14.4 Å². The smallest absolute Gasteiger partial charge is 0.236 e. The lowest BCUT2D eigenvalue weighted by atomic mass is 10.1. The molecule has 0 N–H and O–H groups in total. The number of nitrogens with zero attached hydrogens (tertiary/aromatic N) is 3. The average Bonchev–Trinajstić information content (AvgIpc) is 2.85. The summed E-state index contributed by atoms with van der Waals surface area (Å²) in [5.41, 5.74) is 2.08. The molecular formula is C28H33N3O3. The molecule has 0 saturated carbocycles. The van der Waals surface area contributed by atoms with Gasteiger partial charge in [-0.05, 0) is 43.1 Å². The molecule has 1 amide bonds. The summed E-state index contributed by atoms with van der Waals surface area (Å²) in [5, 5.41) is 0. The van der Waals surface area contributed by atoms with Crippen molar-refractivity contribution >= 4 is 5.91 Å². The van der Waals surface area contributed by atoms with Gasteiger partial charge >= 0.3 is 0 Å². The van der Waals surface area contributed by atoms with Crippen molar-refractivity contribution in [1.29, 1.82) is 0 Å². The molecule has 0 spiro atoms. The Labute approximate surface area is 202 Å². The van der Waals surface area contributed by atoms with E-state index in [2.05, 4.69) is 9.88 Å². The molecular weight excluding hydrogens is 426 g/mol. The first-order valence-electron chi connectivity index (χ1n) is 12.0. The summed E-state index contributed by atoms with van der Waals surface area (Å²) < 4.78 is 12.2. The number of carbonyl (C=O) groups excluding carboxylic acids is 1. The first kappa shape index (κ1) is 23.8. The largest absolute Gasteiger partial charge is 0.490 e. The lowest BCUT2D eigenvalue weighted by Gasteiger charge is -2.26. The molecule has 1 aromatic heterocycles. The second kappa shape index (κ2) is 12.2. The van der Waals surface area contributed by atoms with Crippen LogP contribution in [0.25, 0.3) is 0 Å². The number of amides is 1. The summed E-state index contributed by atoms with van der Waals surface area (Å²) in [7, 11) is 1.87. The summed E-state index contributed by atoms with van der Waals surface area (Å²) in [5.74, 6) is 2.04. The Morgan fingerprint density at radius 1 is 0.941 bits per heavy atom. The maximum absolute atomic E-state index is 13.1. The van der Waals surface area contributed by atoms with Crippen LogP contribution < -0.4 is 9.47 Å². The lowest BCUT2D eigenvalue weighted by molar-refractivity contribution is -0.131. The molecule has 0 atom stereocenters. The zero-order valence-corrected chi connectivity index (χ0v) is 19.9. The summed E-state index contributed by atoms with van der Waals surface area (Å²) in [6, 6.07) is 21.7. The Kier molecular flexibility index (Phi) is 8.52. The first-order chi connectivity index (χ1) is 16.7. The molecule has 0 unspecified atom stereocenters. The van der Waals surface area contributed by atoms with Crippen molar-refractivity contribution in [3.8, 4) is 17.4 Å². The predicted octanol–water partition coefficient (Wildman–Crippen LogP) is 5.29. The highest BCUT2D eigenvalue weighted by Crippen LogP contribution is 2.32. The Bertz CT molecular complexity index is 1060. The zero-order valence-electron chi connectivity index (χ0n) is 19.9. The average molecular weight is 460 g/mol. The van der Waals surface area contributed by atoms with Gasteiger partial charge in [0.2, 0.25) is 11.8 Å². The minimum absolute atomic E-state index is 0.107. The van der Waals surface area contributed by atoms with E-state index in [9.17, 15) is 4.79 Å². The number of fused-ring (bicyclic) bond motifs is 2. The molecule has 2 heterocycles. The third kappa shape index (κ3) is 6.81. The highest BCUT2D eigenvalue weighted by atomic mass is 16.5. The lowest BCUT2D eigenvalue weighted by Crippen LogP contribution is -2.38. The van der Waals surface area contributed by atoms with Crippen molar-refractivity contribution in [3.63, 3.8) is 0 Å². The molecule has 0 aliphatic carbocycles. The fourth-order valence-electron chi connectivity index (χ4n) is 4.08. The van der Waals surface area contributed by atoms with Crippen molar-refractivity contribution in [2.45, 2.75) is 38.8 Å². The van der Waals surface area contributed by atoms with Gasteiger partial charge in [0, 0.05) is 31.9 Å². The van der Waals surface area contributed by atoms with E-state index in [-0.39, 0.29) is 5.91 Å². The summed E-state index contributed by atoms with van der Waals surface area (Å²) in [6.45, 7) is 3.05. The van der Waals surface area contributed by atoms with Gasteiger partial charge in [-0.2, -0.15) is 0 Å². The number of benzene rings is 2. The number of ether oxygens (including phenoxy) is 2. The van der Waals surface area contributed by atoms with Gasteiger partial charge in [-0.1, -0.05) is 61.4 Å². The van der Waals surface area contributed by atoms with E-state index in [1.165, 1.54) is 0 Å². The number of hydrogen-bond acceptors (Lipinski definition) is 5. The van der Waals surface area contributed by atoms with Crippen LogP contribution in [0.5, 0.6) is 17.4 Å². The van der Waals surface area contributed by atoms with Crippen molar-refractivity contribution in [1.82, 2.24) is 14.8 Å². The van der Waals surface area contributed by atoms with Crippen LogP contribution in [0, 0.1) is 0 Å². The quantitative estimate of drug-likeness (QED) is 0.531. The molecule has 178 valence electrons. The molecule has 0 fully saturated rings. The number of carbonyl (C=O) groups is 1. The third-order valence-electron chi connectivity index (χ3n) is 5.97. The standard InChI is InChI=1S/C28H33N3O3/c1-30(20-23-12-5-4-6-13-23)27(32)22-31-18-9-2-3-10-19-33-25-15-7-8-16-26(25)34-28-24(21-31)14-11-17-29-28/h4-8,11-17H,2-3,9-10,18-22H2,1H3. The Morgan fingerprint density at radius 2 is 1.71 bits per heavy atom. The highest BCUT2D eigenvalue weighted by Gasteiger charge is 2.18. The topological polar surface area (TPSA) is 54.9 Å². The molecule has 0 radical (unpaired) electrons. The van der Waals surface area contributed by atoms with Gasteiger partial charge in [0.05, 0.1) is 13.2 Å². The molecule has 1 aliphatic heterocycles. The SMILES string of the molecule is CN(Cc1ccccc1)C(=O)CN1CCCCCCOc2ccccc2Oc2ncccc2C1. The normalized spacial score (nSPS) is 15.1. The van der Waals surface area contributed by atoms with Crippen LogP contribution in [0.3, 0.4) is 0 Å². The van der Waals surface area contributed by atoms with Gasteiger partial charge in [0.1, 0.15) is 0 Å². The molecule has 4 rings (SSSR count). The van der Waals surface area contributed by atoms with E-state index in [0.29, 0.717) is 37.9 Å². The molecule has 1 aliphatic rings. The van der Waals surface area contributed by atoms with E-state index >= 15 is 0 Å². The summed E-state index contributed by atoms with van der Waals surface area (Å²) in [4.78, 5) is 21.6.